The van der Waals surface area contributed by atoms with E-state index >= 15 is 0 Å². The predicted octanol–water partition coefficient (Wildman–Crippen LogP) is 2.24. The van der Waals surface area contributed by atoms with E-state index in [1.807, 2.05) is 24.1 Å². The highest BCUT2D eigenvalue weighted by Crippen LogP contribution is 2.22. The number of aromatic nitrogens is 1. The number of nitrogens with zero attached hydrogens (tertiary/aromatic N) is 2. The molecule has 0 radical (unpaired) electrons. The third-order valence-corrected chi connectivity index (χ3v) is 4.91. The molecule has 0 spiro atoms. The van der Waals surface area contributed by atoms with Crippen LogP contribution >= 0.6 is 11.8 Å². The molecule has 112 valence electrons. The monoisotopic (exact) mass is 295 g/mol. The molecule has 1 atom stereocenters. The maximum absolute atomic E-state index is 12.7. The molecule has 0 aliphatic carbocycles. The Morgan fingerprint density at radius 2 is 2.25 bits per heavy atom. The first-order valence-corrected chi connectivity index (χ1v) is 8.68. The van der Waals surface area contributed by atoms with Crippen LogP contribution in [0.5, 0.6) is 0 Å². The lowest BCUT2D eigenvalue weighted by molar-refractivity contribution is 0.0743. The van der Waals surface area contributed by atoms with E-state index < -0.39 is 0 Å². The van der Waals surface area contributed by atoms with Crippen LogP contribution < -0.4 is 5.32 Å². The highest BCUT2D eigenvalue weighted by atomic mass is 32.2. The van der Waals surface area contributed by atoms with Crippen molar-refractivity contribution in [3.8, 4) is 0 Å². The molecule has 1 aromatic heterocycles. The van der Waals surface area contributed by atoms with Gasteiger partial charge in [0.1, 0.15) is 5.69 Å². The number of hydrogen-bond acceptors (Lipinski definition) is 3. The number of hydrogen-bond donors (Lipinski definition) is 1. The summed E-state index contributed by atoms with van der Waals surface area (Å²) >= 11 is 1.78. The molecule has 2 rings (SSSR count). The third-order valence-electron chi connectivity index (χ3n) is 4.09. The second kappa shape index (κ2) is 7.18. The molecule has 20 heavy (non-hydrogen) atoms. The van der Waals surface area contributed by atoms with Crippen LogP contribution in [0.3, 0.4) is 0 Å². The van der Waals surface area contributed by atoms with Crippen molar-refractivity contribution in [1.29, 1.82) is 0 Å². The van der Waals surface area contributed by atoms with Crippen molar-refractivity contribution in [2.45, 2.75) is 31.8 Å². The third kappa shape index (κ3) is 3.38. The SMILES string of the molecule is CSCC(C)N(C)C(=O)c1cccn1C1CCNCC1. The van der Waals surface area contributed by atoms with Crippen molar-refractivity contribution in [3.63, 3.8) is 0 Å². The molecule has 1 saturated heterocycles. The molecule has 2 heterocycles. The number of amides is 1. The Labute approximate surface area is 125 Å². The predicted molar refractivity (Wildman–Crippen MR) is 85.5 cm³/mol. The molecule has 5 heteroatoms. The van der Waals surface area contributed by atoms with Crippen LogP contribution in [0, 0.1) is 0 Å². The Balaban J connectivity index is 2.12. The van der Waals surface area contributed by atoms with Gasteiger partial charge in [-0.15, -0.1) is 0 Å². The van der Waals surface area contributed by atoms with E-state index in [1.165, 1.54) is 0 Å². The molecule has 1 aromatic rings. The molecule has 1 N–H and O–H groups in total. The molecule has 4 nitrogen and oxygen atoms in total. The van der Waals surface area contributed by atoms with Crippen LogP contribution in [0.4, 0.5) is 0 Å². The van der Waals surface area contributed by atoms with Gasteiger partial charge in [0.2, 0.25) is 0 Å². The number of nitrogens with one attached hydrogen (secondary N) is 1. The fraction of sp³-hybridized carbons (Fsp3) is 0.667. The summed E-state index contributed by atoms with van der Waals surface area (Å²) in [5, 5.41) is 3.37. The lowest BCUT2D eigenvalue weighted by Gasteiger charge is -2.29. The van der Waals surface area contributed by atoms with E-state index in [4.69, 9.17) is 0 Å². The van der Waals surface area contributed by atoms with Crippen LogP contribution in [-0.4, -0.2) is 53.6 Å². The van der Waals surface area contributed by atoms with Gasteiger partial charge in [-0.3, -0.25) is 4.79 Å². The summed E-state index contributed by atoms with van der Waals surface area (Å²) in [4.78, 5) is 14.5. The average Bonchev–Trinajstić information content (AvgIpc) is 2.96. The normalized spacial score (nSPS) is 17.9. The maximum Gasteiger partial charge on any atom is 0.270 e. The van der Waals surface area contributed by atoms with Gasteiger partial charge in [0.15, 0.2) is 0 Å². The van der Waals surface area contributed by atoms with Crippen molar-refractivity contribution in [1.82, 2.24) is 14.8 Å². The number of rotatable bonds is 5. The molecule has 0 bridgehead atoms. The number of carbonyl (C=O) groups is 1. The van der Waals surface area contributed by atoms with Crippen LogP contribution in [-0.2, 0) is 0 Å². The molecular weight excluding hydrogens is 270 g/mol. The summed E-state index contributed by atoms with van der Waals surface area (Å²) in [7, 11) is 1.91. The molecule has 1 fully saturated rings. The van der Waals surface area contributed by atoms with Crippen LogP contribution in [0.15, 0.2) is 18.3 Å². The lowest BCUT2D eigenvalue weighted by Crippen LogP contribution is -2.38. The summed E-state index contributed by atoms with van der Waals surface area (Å²) in [6.07, 6.45) is 6.32. The van der Waals surface area contributed by atoms with Gasteiger partial charge >= 0.3 is 0 Å². The zero-order valence-corrected chi connectivity index (χ0v) is 13.4. The van der Waals surface area contributed by atoms with Crippen molar-refractivity contribution in [3.05, 3.63) is 24.0 Å². The molecule has 1 unspecified atom stereocenters. The van der Waals surface area contributed by atoms with Gasteiger partial charge in [0.25, 0.3) is 5.91 Å². The quantitative estimate of drug-likeness (QED) is 0.905. The minimum absolute atomic E-state index is 0.134. The van der Waals surface area contributed by atoms with Gasteiger partial charge in [0, 0.05) is 31.1 Å². The fourth-order valence-electron chi connectivity index (χ4n) is 2.71. The Kier molecular flexibility index (Phi) is 5.54. The summed E-state index contributed by atoms with van der Waals surface area (Å²) in [5.74, 6) is 1.10. The van der Waals surface area contributed by atoms with Crippen molar-refractivity contribution in [2.75, 3.05) is 32.1 Å². The van der Waals surface area contributed by atoms with Gasteiger partial charge in [-0.25, -0.2) is 0 Å². The largest absolute Gasteiger partial charge is 0.340 e. The molecule has 0 aromatic carbocycles. The van der Waals surface area contributed by atoms with E-state index in [9.17, 15) is 4.79 Å². The van der Waals surface area contributed by atoms with E-state index in [0.29, 0.717) is 6.04 Å². The van der Waals surface area contributed by atoms with Crippen molar-refractivity contribution < 1.29 is 4.79 Å². The number of piperidine rings is 1. The number of thioether (sulfide) groups is 1. The second-order valence-corrected chi connectivity index (χ2v) is 6.41. The van der Waals surface area contributed by atoms with Gasteiger partial charge in [0.05, 0.1) is 0 Å². The van der Waals surface area contributed by atoms with E-state index in [1.54, 1.807) is 11.8 Å². The molecule has 1 amide bonds. The maximum atomic E-state index is 12.7. The van der Waals surface area contributed by atoms with Gasteiger partial charge in [-0.1, -0.05) is 0 Å². The summed E-state index contributed by atoms with van der Waals surface area (Å²) in [6.45, 7) is 4.18. The van der Waals surface area contributed by atoms with E-state index in [-0.39, 0.29) is 11.9 Å². The highest BCUT2D eigenvalue weighted by molar-refractivity contribution is 7.98. The van der Waals surface area contributed by atoms with E-state index in [0.717, 1.165) is 37.4 Å². The first-order valence-electron chi connectivity index (χ1n) is 7.28. The number of carbonyl (C=O) groups excluding carboxylic acids is 1. The first-order chi connectivity index (χ1) is 9.65. The zero-order valence-electron chi connectivity index (χ0n) is 12.6. The highest BCUT2D eigenvalue weighted by Gasteiger charge is 2.23. The van der Waals surface area contributed by atoms with Crippen LogP contribution in [0.1, 0.15) is 36.3 Å². The van der Waals surface area contributed by atoms with Crippen molar-refractivity contribution >= 4 is 17.7 Å². The molecular formula is C15H25N3OS. The fourth-order valence-corrected chi connectivity index (χ4v) is 3.42. The van der Waals surface area contributed by atoms with Gasteiger partial charge < -0.3 is 14.8 Å². The molecule has 1 aliphatic rings. The Morgan fingerprint density at radius 3 is 2.90 bits per heavy atom. The van der Waals surface area contributed by atoms with Gasteiger partial charge in [-0.05, 0) is 51.2 Å². The first kappa shape index (κ1) is 15.4. The summed E-state index contributed by atoms with van der Waals surface area (Å²) in [6, 6.07) is 4.65. The molecule has 0 saturated carbocycles. The van der Waals surface area contributed by atoms with Crippen molar-refractivity contribution in [2.24, 2.45) is 0 Å². The Bertz CT molecular complexity index is 440. The average molecular weight is 295 g/mol. The zero-order chi connectivity index (χ0) is 14.5. The van der Waals surface area contributed by atoms with E-state index in [2.05, 4.69) is 29.3 Å². The Hall–Kier alpha value is -0.940. The second-order valence-electron chi connectivity index (χ2n) is 5.50. The minimum atomic E-state index is 0.134. The van der Waals surface area contributed by atoms with Gasteiger partial charge in [-0.2, -0.15) is 11.8 Å². The minimum Gasteiger partial charge on any atom is -0.340 e. The smallest absolute Gasteiger partial charge is 0.270 e. The summed E-state index contributed by atoms with van der Waals surface area (Å²) < 4.78 is 2.17. The standard InChI is InChI=1S/C15H25N3OS/c1-12(11-20-3)17(2)15(19)14-5-4-10-18(14)13-6-8-16-9-7-13/h4-5,10,12-13,16H,6-9,11H2,1-3H3. The van der Waals surface area contributed by atoms with Crippen LogP contribution in [0.2, 0.25) is 0 Å². The molecule has 1 aliphatic heterocycles. The topological polar surface area (TPSA) is 37.3 Å². The lowest BCUT2D eigenvalue weighted by atomic mass is 10.1. The van der Waals surface area contributed by atoms with Crippen LogP contribution in [0.25, 0.3) is 0 Å². The Morgan fingerprint density at radius 1 is 1.55 bits per heavy atom. The summed E-state index contributed by atoms with van der Waals surface area (Å²) in [5.41, 5.74) is 0.826.